The van der Waals surface area contributed by atoms with E-state index in [1.54, 1.807) is 10.6 Å². The molecule has 0 aliphatic carbocycles. The van der Waals surface area contributed by atoms with Crippen molar-refractivity contribution in [2.24, 2.45) is 0 Å². The summed E-state index contributed by atoms with van der Waals surface area (Å²) in [5, 5.41) is 0.787. The molecule has 0 fully saturated rings. The summed E-state index contributed by atoms with van der Waals surface area (Å²) < 4.78 is 7.14. The number of ether oxygens (including phenoxy) is 1. The second kappa shape index (κ2) is 9.88. The van der Waals surface area contributed by atoms with Crippen molar-refractivity contribution < 1.29 is 9.53 Å². The minimum atomic E-state index is -0.380. The number of thioether (sulfide) groups is 1. The van der Waals surface area contributed by atoms with Crippen molar-refractivity contribution in [3.8, 4) is 0 Å². The van der Waals surface area contributed by atoms with Crippen molar-refractivity contribution in [3.05, 3.63) is 64.4 Å². The first-order valence-electron chi connectivity index (χ1n) is 11.2. The van der Waals surface area contributed by atoms with Crippen molar-refractivity contribution in [2.45, 2.75) is 56.6 Å². The van der Waals surface area contributed by atoms with E-state index in [4.69, 9.17) is 9.72 Å². The molecule has 32 heavy (non-hydrogen) atoms. The van der Waals surface area contributed by atoms with Gasteiger partial charge in [-0.05, 0) is 57.4 Å². The number of anilines is 1. The molecule has 6 nitrogen and oxygen atoms in total. The number of rotatable bonds is 8. The Morgan fingerprint density at radius 1 is 1.22 bits per heavy atom. The lowest BCUT2D eigenvalue weighted by atomic mass is 10.1. The zero-order valence-corrected chi connectivity index (χ0v) is 19.6. The van der Waals surface area contributed by atoms with Gasteiger partial charge in [0.15, 0.2) is 5.16 Å². The molecule has 2 heterocycles. The number of hydrogen-bond donors (Lipinski definition) is 0. The van der Waals surface area contributed by atoms with Gasteiger partial charge in [-0.3, -0.25) is 14.2 Å². The highest BCUT2D eigenvalue weighted by atomic mass is 32.2. The molecule has 7 heteroatoms. The van der Waals surface area contributed by atoms with E-state index in [0.717, 1.165) is 12.1 Å². The Morgan fingerprint density at radius 3 is 2.78 bits per heavy atom. The van der Waals surface area contributed by atoms with Gasteiger partial charge in [0.05, 0.1) is 16.2 Å². The van der Waals surface area contributed by atoms with Crippen LogP contribution in [0.1, 0.15) is 32.8 Å². The number of carbonyl (C=O) groups excluding carboxylic acids is 1. The van der Waals surface area contributed by atoms with E-state index in [2.05, 4.69) is 13.0 Å². The van der Waals surface area contributed by atoms with Gasteiger partial charge in [-0.15, -0.1) is 0 Å². The largest absolute Gasteiger partial charge is 0.382 e. The third-order valence-electron chi connectivity index (χ3n) is 5.78. The fourth-order valence-corrected chi connectivity index (χ4v) is 5.19. The van der Waals surface area contributed by atoms with Gasteiger partial charge >= 0.3 is 0 Å². The third kappa shape index (κ3) is 4.45. The molecular weight excluding hydrogens is 422 g/mol. The molecule has 1 aliphatic heterocycles. The Balaban J connectivity index is 1.62. The summed E-state index contributed by atoms with van der Waals surface area (Å²) >= 11 is 1.35. The minimum absolute atomic E-state index is 0.0377. The second-order valence-electron chi connectivity index (χ2n) is 8.07. The number of nitrogens with zero attached hydrogens (tertiary/aromatic N) is 3. The number of hydrogen-bond acceptors (Lipinski definition) is 5. The summed E-state index contributed by atoms with van der Waals surface area (Å²) in [6.07, 6.45) is 1.57. The Kier molecular flexibility index (Phi) is 6.96. The van der Waals surface area contributed by atoms with Gasteiger partial charge in [0.1, 0.15) is 0 Å². The van der Waals surface area contributed by atoms with Gasteiger partial charge in [0.25, 0.3) is 5.56 Å². The van der Waals surface area contributed by atoms with Crippen LogP contribution >= 0.6 is 11.8 Å². The van der Waals surface area contributed by atoms with Crippen molar-refractivity contribution in [2.75, 3.05) is 18.1 Å². The minimum Gasteiger partial charge on any atom is -0.382 e. The maximum Gasteiger partial charge on any atom is 0.262 e. The molecule has 0 unspecified atom stereocenters. The summed E-state index contributed by atoms with van der Waals surface area (Å²) in [4.78, 5) is 33.3. The highest BCUT2D eigenvalue weighted by Gasteiger charge is 2.34. The van der Waals surface area contributed by atoms with Crippen LogP contribution in [0.4, 0.5) is 5.69 Å². The number of para-hydroxylation sites is 2. The summed E-state index contributed by atoms with van der Waals surface area (Å²) in [6.45, 7) is 7.66. The van der Waals surface area contributed by atoms with Crippen LogP contribution in [-0.4, -0.2) is 40.0 Å². The standard InChI is InChI=1S/C25H29N3O3S/c1-4-31-15-9-14-27-24(30)20-11-6-7-12-21(20)26-25(27)32-18(3)23(29)28-17(2)16-19-10-5-8-13-22(19)28/h5-8,10-13,17-18H,4,9,14-16H2,1-3H3/t17-,18+/m1/s1. The van der Waals surface area contributed by atoms with Crippen LogP contribution < -0.4 is 10.5 Å². The predicted octanol–water partition coefficient (Wildman–Crippen LogP) is 4.28. The topological polar surface area (TPSA) is 64.4 Å². The van der Waals surface area contributed by atoms with E-state index in [0.29, 0.717) is 42.2 Å². The van der Waals surface area contributed by atoms with Crippen molar-refractivity contribution in [1.29, 1.82) is 0 Å². The molecule has 0 radical (unpaired) electrons. The molecule has 0 N–H and O–H groups in total. The molecular formula is C25H29N3O3S. The first-order chi connectivity index (χ1) is 15.5. The first-order valence-corrected chi connectivity index (χ1v) is 12.0. The molecule has 0 bridgehead atoms. The van der Waals surface area contributed by atoms with E-state index in [1.165, 1.54) is 17.3 Å². The number of carbonyl (C=O) groups is 1. The van der Waals surface area contributed by atoms with Crippen LogP contribution in [0.2, 0.25) is 0 Å². The molecule has 1 aliphatic rings. The third-order valence-corrected chi connectivity index (χ3v) is 6.85. The smallest absolute Gasteiger partial charge is 0.262 e. The fourth-order valence-electron chi connectivity index (χ4n) is 4.21. The maximum absolute atomic E-state index is 13.5. The number of amides is 1. The Morgan fingerprint density at radius 2 is 1.97 bits per heavy atom. The van der Waals surface area contributed by atoms with Crippen molar-refractivity contribution >= 4 is 34.3 Å². The number of aromatic nitrogens is 2. The van der Waals surface area contributed by atoms with Gasteiger partial charge in [-0.25, -0.2) is 4.98 Å². The van der Waals surface area contributed by atoms with Crippen LogP contribution in [0, 0.1) is 0 Å². The van der Waals surface area contributed by atoms with Crippen LogP contribution in [0.5, 0.6) is 0 Å². The lowest BCUT2D eigenvalue weighted by Gasteiger charge is -2.26. The molecule has 0 saturated heterocycles. The average molecular weight is 452 g/mol. The van der Waals surface area contributed by atoms with Crippen LogP contribution in [0.15, 0.2) is 58.5 Å². The highest BCUT2D eigenvalue weighted by Crippen LogP contribution is 2.34. The Labute approximate surface area is 192 Å². The molecule has 168 valence electrons. The van der Waals surface area contributed by atoms with Crippen LogP contribution in [0.3, 0.4) is 0 Å². The van der Waals surface area contributed by atoms with Gasteiger partial charge < -0.3 is 9.64 Å². The van der Waals surface area contributed by atoms with Gasteiger partial charge in [0, 0.05) is 31.5 Å². The molecule has 0 spiro atoms. The fraction of sp³-hybridized carbons (Fsp3) is 0.400. The number of fused-ring (bicyclic) bond motifs is 2. The van der Waals surface area contributed by atoms with Crippen molar-refractivity contribution in [3.63, 3.8) is 0 Å². The van der Waals surface area contributed by atoms with Gasteiger partial charge in [-0.2, -0.15) is 0 Å². The molecule has 2 aromatic carbocycles. The van der Waals surface area contributed by atoms with Crippen molar-refractivity contribution in [1.82, 2.24) is 9.55 Å². The van der Waals surface area contributed by atoms with E-state index >= 15 is 0 Å². The molecule has 3 aromatic rings. The summed E-state index contributed by atoms with van der Waals surface area (Å²) in [5.74, 6) is 0.0377. The Bertz CT molecular complexity index is 1180. The number of benzene rings is 2. The predicted molar refractivity (Wildman–Crippen MR) is 130 cm³/mol. The lowest BCUT2D eigenvalue weighted by molar-refractivity contribution is -0.118. The van der Waals surface area contributed by atoms with E-state index < -0.39 is 0 Å². The monoisotopic (exact) mass is 451 g/mol. The molecule has 0 saturated carbocycles. The van der Waals surface area contributed by atoms with Crippen LogP contribution in [0.25, 0.3) is 10.9 Å². The second-order valence-corrected chi connectivity index (χ2v) is 9.38. The molecule has 1 amide bonds. The van der Waals surface area contributed by atoms with Gasteiger partial charge in [0.2, 0.25) is 5.91 Å². The Hall–Kier alpha value is -2.64. The SMILES string of the molecule is CCOCCCn1c(S[C@@H](C)C(=O)N2c3ccccc3C[C@H]2C)nc2ccccc2c1=O. The van der Waals surface area contributed by atoms with Gasteiger partial charge in [-0.1, -0.05) is 42.1 Å². The zero-order valence-electron chi connectivity index (χ0n) is 18.8. The average Bonchev–Trinajstić information content (AvgIpc) is 3.13. The molecule has 4 rings (SSSR count). The van der Waals surface area contributed by atoms with E-state index in [1.807, 2.05) is 55.1 Å². The maximum atomic E-state index is 13.5. The van der Waals surface area contributed by atoms with E-state index in [-0.39, 0.29) is 22.8 Å². The summed E-state index contributed by atoms with van der Waals surface area (Å²) in [7, 11) is 0. The quantitative estimate of drug-likeness (QED) is 0.291. The summed E-state index contributed by atoms with van der Waals surface area (Å²) in [6, 6.07) is 15.5. The highest BCUT2D eigenvalue weighted by molar-refractivity contribution is 8.00. The normalized spacial score (nSPS) is 16.3. The summed E-state index contributed by atoms with van der Waals surface area (Å²) in [5.41, 5.74) is 2.76. The first kappa shape index (κ1) is 22.6. The lowest BCUT2D eigenvalue weighted by Crippen LogP contribution is -2.40. The van der Waals surface area contributed by atoms with E-state index in [9.17, 15) is 9.59 Å². The molecule has 1 aromatic heterocycles. The molecule has 2 atom stereocenters. The zero-order chi connectivity index (χ0) is 22.7. The van der Waals surface area contributed by atoms with Crippen LogP contribution in [-0.2, 0) is 22.5 Å².